The highest BCUT2D eigenvalue weighted by Crippen LogP contribution is 2.35. The lowest BCUT2D eigenvalue weighted by molar-refractivity contribution is -0.148. The van der Waals surface area contributed by atoms with E-state index in [4.69, 9.17) is 4.74 Å². The third kappa shape index (κ3) is 4.26. The Hall–Kier alpha value is -2.65. The average molecular weight is 400 g/mol. The molecule has 10 heteroatoms. The van der Waals surface area contributed by atoms with E-state index in [-0.39, 0.29) is 25.3 Å². The van der Waals surface area contributed by atoms with Gasteiger partial charge in [0, 0.05) is 19.5 Å². The first kappa shape index (κ1) is 20.1. The maximum absolute atomic E-state index is 13.2. The minimum atomic E-state index is -4.65. The summed E-state index contributed by atoms with van der Waals surface area (Å²) in [4.78, 5) is 14.0. The summed E-state index contributed by atoms with van der Waals surface area (Å²) in [6.07, 6.45) is -5.16. The molecule has 3 rings (SSSR count). The van der Waals surface area contributed by atoms with E-state index >= 15 is 0 Å². The maximum atomic E-state index is 13.2. The fraction of sp³-hybridized carbons (Fsp3) is 0.500. The number of benzene rings is 1. The van der Waals surface area contributed by atoms with Crippen molar-refractivity contribution < 1.29 is 27.1 Å². The van der Waals surface area contributed by atoms with Crippen LogP contribution in [-0.2, 0) is 23.9 Å². The Balaban J connectivity index is 1.98. The predicted octanol–water partition coefficient (Wildman–Crippen LogP) is 3.97. The van der Waals surface area contributed by atoms with Crippen molar-refractivity contribution in [2.24, 2.45) is 0 Å². The molecule has 0 saturated heterocycles. The summed E-state index contributed by atoms with van der Waals surface area (Å²) in [6.45, 7) is 5.02. The summed E-state index contributed by atoms with van der Waals surface area (Å²) < 4.78 is 59.2. The topological polar surface area (TPSA) is 60.2 Å². The minimum Gasteiger partial charge on any atom is -0.444 e. The molecular weight excluding hydrogens is 380 g/mol. The molecular formula is C18H20F4N4O2. The summed E-state index contributed by atoms with van der Waals surface area (Å²) in [6, 6.07) is 4.71. The van der Waals surface area contributed by atoms with Gasteiger partial charge in [-0.15, -0.1) is 10.2 Å². The van der Waals surface area contributed by atoms with Crippen LogP contribution in [0.25, 0.3) is 0 Å². The highest BCUT2D eigenvalue weighted by Gasteiger charge is 2.43. The first-order chi connectivity index (χ1) is 13.0. The van der Waals surface area contributed by atoms with E-state index in [0.717, 1.165) is 4.57 Å². The summed E-state index contributed by atoms with van der Waals surface area (Å²) in [7, 11) is 0. The number of carbonyl (C=O) groups excluding carboxylic acids is 1. The second-order valence-corrected chi connectivity index (χ2v) is 7.55. The number of rotatable bonds is 2. The van der Waals surface area contributed by atoms with Crippen molar-refractivity contribution >= 4 is 6.09 Å². The van der Waals surface area contributed by atoms with Crippen LogP contribution in [0, 0.1) is 5.82 Å². The number of ether oxygens (including phenoxy) is 1. The Labute approximate surface area is 159 Å². The number of alkyl halides is 3. The first-order valence-corrected chi connectivity index (χ1v) is 8.70. The van der Waals surface area contributed by atoms with Crippen LogP contribution in [0.1, 0.15) is 44.0 Å². The maximum Gasteiger partial charge on any atom is 0.451 e. The number of halogens is 4. The zero-order chi connectivity index (χ0) is 20.7. The molecule has 1 aliphatic heterocycles. The number of amides is 1. The van der Waals surface area contributed by atoms with E-state index in [1.165, 1.54) is 29.2 Å². The zero-order valence-corrected chi connectivity index (χ0v) is 15.6. The number of carbonyl (C=O) groups is 1. The smallest absolute Gasteiger partial charge is 0.444 e. The summed E-state index contributed by atoms with van der Waals surface area (Å²) >= 11 is 0. The van der Waals surface area contributed by atoms with Crippen LogP contribution in [0.5, 0.6) is 0 Å². The van der Waals surface area contributed by atoms with Gasteiger partial charge in [-0.2, -0.15) is 13.2 Å². The Kier molecular flexibility index (Phi) is 5.07. The lowest BCUT2D eigenvalue weighted by Gasteiger charge is -2.37. The molecule has 2 heterocycles. The molecule has 1 aromatic heterocycles. The minimum absolute atomic E-state index is 0.00882. The van der Waals surface area contributed by atoms with Gasteiger partial charge in [-0.25, -0.2) is 9.18 Å². The third-order valence-corrected chi connectivity index (χ3v) is 4.24. The molecule has 0 N–H and O–H groups in total. The van der Waals surface area contributed by atoms with Gasteiger partial charge in [-0.3, -0.25) is 4.90 Å². The molecule has 0 bridgehead atoms. The van der Waals surface area contributed by atoms with Crippen LogP contribution in [-0.4, -0.2) is 37.9 Å². The molecule has 0 spiro atoms. The van der Waals surface area contributed by atoms with Gasteiger partial charge >= 0.3 is 12.3 Å². The fourth-order valence-electron chi connectivity index (χ4n) is 3.08. The Morgan fingerprint density at radius 2 is 1.79 bits per heavy atom. The predicted molar refractivity (Wildman–Crippen MR) is 90.8 cm³/mol. The number of fused-ring (bicyclic) bond motifs is 1. The van der Waals surface area contributed by atoms with Crippen LogP contribution >= 0.6 is 0 Å². The van der Waals surface area contributed by atoms with Gasteiger partial charge in [0.2, 0.25) is 5.82 Å². The molecule has 1 amide bonds. The van der Waals surface area contributed by atoms with Gasteiger partial charge in [0.25, 0.3) is 0 Å². The molecule has 1 aliphatic rings. The Bertz CT molecular complexity index is 856. The van der Waals surface area contributed by atoms with Crippen molar-refractivity contribution in [3.8, 4) is 0 Å². The van der Waals surface area contributed by atoms with E-state index in [9.17, 15) is 22.4 Å². The molecule has 0 fully saturated rings. The fourth-order valence-corrected chi connectivity index (χ4v) is 3.08. The van der Waals surface area contributed by atoms with Gasteiger partial charge in [-0.05, 0) is 38.5 Å². The van der Waals surface area contributed by atoms with Crippen molar-refractivity contribution in [2.45, 2.75) is 51.6 Å². The average Bonchev–Trinajstić information content (AvgIpc) is 3.00. The van der Waals surface area contributed by atoms with E-state index in [1.807, 2.05) is 0 Å². The molecule has 152 valence electrons. The molecule has 1 unspecified atom stereocenters. The van der Waals surface area contributed by atoms with Crippen LogP contribution < -0.4 is 0 Å². The molecule has 2 aromatic rings. The molecule has 1 aromatic carbocycles. The van der Waals surface area contributed by atoms with Crippen LogP contribution in [0.3, 0.4) is 0 Å². The second-order valence-electron chi connectivity index (χ2n) is 7.55. The van der Waals surface area contributed by atoms with Gasteiger partial charge in [0.15, 0.2) is 5.82 Å². The lowest BCUT2D eigenvalue weighted by atomic mass is 10.0. The van der Waals surface area contributed by atoms with E-state index in [0.29, 0.717) is 5.56 Å². The molecule has 0 radical (unpaired) electrons. The zero-order valence-electron chi connectivity index (χ0n) is 15.6. The SMILES string of the molecule is CC(C)(C)OC(=O)N1CCn2c(nnc2C(F)(F)F)C1Cc1ccc(F)cc1. The number of aromatic nitrogens is 3. The normalized spacial score (nSPS) is 17.4. The molecule has 6 nitrogen and oxygen atoms in total. The van der Waals surface area contributed by atoms with E-state index < -0.39 is 35.6 Å². The van der Waals surface area contributed by atoms with Crippen LogP contribution in [0.4, 0.5) is 22.4 Å². The van der Waals surface area contributed by atoms with Crippen LogP contribution in [0.2, 0.25) is 0 Å². The van der Waals surface area contributed by atoms with Gasteiger partial charge in [0.05, 0.1) is 6.04 Å². The first-order valence-electron chi connectivity index (χ1n) is 8.70. The van der Waals surface area contributed by atoms with E-state index in [1.54, 1.807) is 20.8 Å². The highest BCUT2D eigenvalue weighted by atomic mass is 19.4. The summed E-state index contributed by atoms with van der Waals surface area (Å²) in [5, 5.41) is 7.01. The van der Waals surface area contributed by atoms with Crippen molar-refractivity contribution in [1.29, 1.82) is 0 Å². The molecule has 0 aliphatic carbocycles. The van der Waals surface area contributed by atoms with Crippen molar-refractivity contribution in [3.05, 3.63) is 47.3 Å². The summed E-state index contributed by atoms with van der Waals surface area (Å²) in [5.74, 6) is -1.51. The van der Waals surface area contributed by atoms with Crippen molar-refractivity contribution in [2.75, 3.05) is 6.54 Å². The molecule has 0 saturated carbocycles. The monoisotopic (exact) mass is 400 g/mol. The standard InChI is InChI=1S/C18H20F4N4O2/c1-17(2,3)28-16(27)25-8-9-26-14(23-24-15(26)18(20,21)22)13(25)10-11-4-6-12(19)7-5-11/h4-7,13H,8-10H2,1-3H3. The third-order valence-electron chi connectivity index (χ3n) is 4.24. The quantitative estimate of drug-likeness (QED) is 0.716. The lowest BCUT2D eigenvalue weighted by Crippen LogP contribution is -2.46. The van der Waals surface area contributed by atoms with Gasteiger partial charge in [0.1, 0.15) is 11.4 Å². The van der Waals surface area contributed by atoms with Gasteiger partial charge < -0.3 is 9.30 Å². The van der Waals surface area contributed by atoms with Crippen molar-refractivity contribution in [1.82, 2.24) is 19.7 Å². The molecule has 1 atom stereocenters. The number of hydrogen-bond donors (Lipinski definition) is 0. The number of hydrogen-bond acceptors (Lipinski definition) is 4. The second kappa shape index (κ2) is 7.06. The van der Waals surface area contributed by atoms with Gasteiger partial charge in [-0.1, -0.05) is 12.1 Å². The largest absolute Gasteiger partial charge is 0.451 e. The van der Waals surface area contributed by atoms with E-state index in [2.05, 4.69) is 10.2 Å². The summed E-state index contributed by atoms with van der Waals surface area (Å²) in [5.41, 5.74) is -0.121. The Morgan fingerprint density at radius 3 is 2.36 bits per heavy atom. The Morgan fingerprint density at radius 1 is 1.14 bits per heavy atom. The number of nitrogens with zero attached hydrogens (tertiary/aromatic N) is 4. The molecule has 28 heavy (non-hydrogen) atoms. The van der Waals surface area contributed by atoms with Crippen molar-refractivity contribution in [3.63, 3.8) is 0 Å². The highest BCUT2D eigenvalue weighted by molar-refractivity contribution is 5.69. The van der Waals surface area contributed by atoms with Crippen LogP contribution in [0.15, 0.2) is 24.3 Å².